The predicted octanol–water partition coefficient (Wildman–Crippen LogP) is 3.13. The van der Waals surface area contributed by atoms with E-state index in [9.17, 15) is 0 Å². The molecule has 2 aromatic heterocycles. The molecule has 18 heavy (non-hydrogen) atoms. The number of aromatic nitrogens is 1. The number of nitrogens with two attached hydrogens (primary N) is 1. The van der Waals surface area contributed by atoms with E-state index in [1.165, 1.54) is 24.1 Å². The number of anilines is 2. The molecule has 2 aromatic rings. The van der Waals surface area contributed by atoms with Crippen molar-refractivity contribution < 1.29 is 0 Å². The molecule has 0 aliphatic heterocycles. The molecule has 3 N–H and O–H groups in total. The minimum Gasteiger partial charge on any atom is -0.396 e. The van der Waals surface area contributed by atoms with Crippen molar-refractivity contribution in [1.82, 2.24) is 4.98 Å². The molecule has 94 valence electrons. The average molecular weight is 259 g/mol. The van der Waals surface area contributed by atoms with Gasteiger partial charge in [-0.15, -0.1) is 11.3 Å². The van der Waals surface area contributed by atoms with Gasteiger partial charge in [-0.25, -0.2) is 4.98 Å². The van der Waals surface area contributed by atoms with Gasteiger partial charge in [0.25, 0.3) is 0 Å². The Labute approximate surface area is 111 Å². The number of nitrogen functional groups attached to an aromatic ring is 1. The van der Waals surface area contributed by atoms with Crippen molar-refractivity contribution in [2.45, 2.75) is 32.7 Å². The Morgan fingerprint density at radius 3 is 3.06 bits per heavy atom. The van der Waals surface area contributed by atoms with Crippen molar-refractivity contribution in [2.24, 2.45) is 0 Å². The maximum Gasteiger partial charge on any atom is 0.149 e. The molecule has 0 fully saturated rings. The van der Waals surface area contributed by atoms with E-state index in [0.717, 1.165) is 23.6 Å². The number of hydrogen-bond donors (Lipinski definition) is 2. The number of hydrogen-bond acceptors (Lipinski definition) is 4. The fourth-order valence-electron chi connectivity index (χ4n) is 2.39. The zero-order valence-corrected chi connectivity index (χ0v) is 11.3. The number of nitrogens with zero attached hydrogens (tertiary/aromatic N) is 1. The molecule has 0 amide bonds. The van der Waals surface area contributed by atoms with Crippen molar-refractivity contribution in [3.05, 3.63) is 39.2 Å². The average Bonchev–Trinajstić information content (AvgIpc) is 2.88. The van der Waals surface area contributed by atoms with Crippen LogP contribution in [-0.2, 0) is 19.4 Å². The van der Waals surface area contributed by atoms with Gasteiger partial charge in [0.1, 0.15) is 5.82 Å². The van der Waals surface area contributed by atoms with Crippen LogP contribution >= 0.6 is 11.3 Å². The lowest BCUT2D eigenvalue weighted by Crippen LogP contribution is -2.03. The van der Waals surface area contributed by atoms with Crippen LogP contribution in [0.15, 0.2) is 18.3 Å². The second-order valence-electron chi connectivity index (χ2n) is 4.82. The first-order valence-electron chi connectivity index (χ1n) is 6.29. The third-order valence-electron chi connectivity index (χ3n) is 3.28. The standard InChI is InChI=1S/C14H17N3S/c1-9-5-12(15)14(16-7-9)17-8-11-6-10-3-2-4-13(10)18-11/h5-7H,2-4,8,15H2,1H3,(H,16,17). The third-order valence-corrected chi connectivity index (χ3v) is 4.52. The first kappa shape index (κ1) is 11.5. The van der Waals surface area contributed by atoms with Gasteiger partial charge in [-0.1, -0.05) is 0 Å². The Morgan fingerprint density at radius 2 is 2.28 bits per heavy atom. The van der Waals surface area contributed by atoms with Gasteiger partial charge in [-0.05, 0) is 49.4 Å². The number of nitrogens with one attached hydrogen (secondary N) is 1. The smallest absolute Gasteiger partial charge is 0.149 e. The summed E-state index contributed by atoms with van der Waals surface area (Å²) in [7, 11) is 0. The monoisotopic (exact) mass is 259 g/mol. The highest BCUT2D eigenvalue weighted by Crippen LogP contribution is 2.31. The number of pyridine rings is 1. The first-order valence-corrected chi connectivity index (χ1v) is 7.10. The molecule has 3 nitrogen and oxygen atoms in total. The maximum atomic E-state index is 5.94. The topological polar surface area (TPSA) is 50.9 Å². The van der Waals surface area contributed by atoms with Gasteiger partial charge >= 0.3 is 0 Å². The number of fused-ring (bicyclic) bond motifs is 1. The van der Waals surface area contributed by atoms with Gasteiger partial charge < -0.3 is 11.1 Å². The van der Waals surface area contributed by atoms with Crippen molar-refractivity contribution in [3.8, 4) is 0 Å². The summed E-state index contributed by atoms with van der Waals surface area (Å²) in [5.74, 6) is 0.786. The van der Waals surface area contributed by atoms with E-state index in [1.807, 2.05) is 30.5 Å². The van der Waals surface area contributed by atoms with E-state index < -0.39 is 0 Å². The van der Waals surface area contributed by atoms with E-state index in [0.29, 0.717) is 0 Å². The zero-order chi connectivity index (χ0) is 12.5. The number of rotatable bonds is 3. The van der Waals surface area contributed by atoms with Crippen LogP contribution in [-0.4, -0.2) is 4.98 Å². The van der Waals surface area contributed by atoms with Crippen LogP contribution < -0.4 is 11.1 Å². The highest BCUT2D eigenvalue weighted by atomic mass is 32.1. The molecule has 1 aliphatic rings. The highest BCUT2D eigenvalue weighted by Gasteiger charge is 2.14. The second-order valence-corrected chi connectivity index (χ2v) is 6.04. The van der Waals surface area contributed by atoms with Gasteiger partial charge in [0.2, 0.25) is 0 Å². The lowest BCUT2D eigenvalue weighted by atomic mass is 10.2. The molecule has 0 unspecified atom stereocenters. The third kappa shape index (κ3) is 2.20. The van der Waals surface area contributed by atoms with Crippen LogP contribution in [0.1, 0.15) is 27.3 Å². The summed E-state index contributed by atoms with van der Waals surface area (Å²) in [6.45, 7) is 2.81. The lowest BCUT2D eigenvalue weighted by molar-refractivity contribution is 0.913. The molecule has 0 bridgehead atoms. The van der Waals surface area contributed by atoms with Crippen LogP contribution in [0.3, 0.4) is 0 Å². The molecule has 3 rings (SSSR count). The van der Waals surface area contributed by atoms with E-state index in [1.54, 1.807) is 10.4 Å². The lowest BCUT2D eigenvalue weighted by Gasteiger charge is -2.07. The fraction of sp³-hybridized carbons (Fsp3) is 0.357. The normalized spacial score (nSPS) is 13.6. The minimum absolute atomic E-state index is 0.721. The van der Waals surface area contributed by atoms with Gasteiger partial charge in [-0.2, -0.15) is 0 Å². The summed E-state index contributed by atoms with van der Waals surface area (Å²) < 4.78 is 0. The summed E-state index contributed by atoms with van der Waals surface area (Å²) >= 11 is 1.92. The summed E-state index contributed by atoms with van der Waals surface area (Å²) in [5, 5.41) is 3.32. The highest BCUT2D eigenvalue weighted by molar-refractivity contribution is 7.12. The van der Waals surface area contributed by atoms with Crippen molar-refractivity contribution in [1.29, 1.82) is 0 Å². The second kappa shape index (κ2) is 4.61. The van der Waals surface area contributed by atoms with Gasteiger partial charge in [-0.3, -0.25) is 0 Å². The quantitative estimate of drug-likeness (QED) is 0.890. The van der Waals surface area contributed by atoms with E-state index >= 15 is 0 Å². The summed E-state index contributed by atoms with van der Waals surface area (Å²) in [5.41, 5.74) is 9.29. The molecule has 0 saturated carbocycles. The molecular formula is C14H17N3S. The Kier molecular flexibility index (Phi) is 2.96. The predicted molar refractivity (Wildman–Crippen MR) is 77.1 cm³/mol. The van der Waals surface area contributed by atoms with E-state index in [2.05, 4.69) is 16.4 Å². The molecule has 1 aliphatic carbocycles. The zero-order valence-electron chi connectivity index (χ0n) is 10.5. The van der Waals surface area contributed by atoms with Crippen LogP contribution in [0.5, 0.6) is 0 Å². The summed E-state index contributed by atoms with van der Waals surface area (Å²) in [6.07, 6.45) is 5.66. The van der Waals surface area contributed by atoms with Gasteiger partial charge in [0.05, 0.1) is 12.2 Å². The molecule has 0 aromatic carbocycles. The molecule has 0 radical (unpaired) electrons. The minimum atomic E-state index is 0.721. The Bertz CT molecular complexity index is 553. The largest absolute Gasteiger partial charge is 0.396 e. The Balaban J connectivity index is 1.70. The van der Waals surface area contributed by atoms with Crippen molar-refractivity contribution in [3.63, 3.8) is 0 Å². The maximum absolute atomic E-state index is 5.94. The molecule has 0 spiro atoms. The molecule has 2 heterocycles. The molecular weight excluding hydrogens is 242 g/mol. The van der Waals surface area contributed by atoms with E-state index in [4.69, 9.17) is 5.73 Å². The van der Waals surface area contributed by atoms with Crippen LogP contribution in [0.2, 0.25) is 0 Å². The first-order chi connectivity index (χ1) is 8.72. The Hall–Kier alpha value is -1.55. The SMILES string of the molecule is Cc1cnc(NCc2cc3c(s2)CCC3)c(N)c1. The molecule has 4 heteroatoms. The Morgan fingerprint density at radius 1 is 1.39 bits per heavy atom. The summed E-state index contributed by atoms with van der Waals surface area (Å²) in [6, 6.07) is 4.27. The fourth-order valence-corrected chi connectivity index (χ4v) is 3.59. The van der Waals surface area contributed by atoms with Crippen LogP contribution in [0.25, 0.3) is 0 Å². The van der Waals surface area contributed by atoms with Gasteiger partial charge in [0.15, 0.2) is 0 Å². The molecule has 0 saturated heterocycles. The number of thiophene rings is 1. The van der Waals surface area contributed by atoms with Crippen LogP contribution in [0.4, 0.5) is 11.5 Å². The van der Waals surface area contributed by atoms with Crippen molar-refractivity contribution in [2.75, 3.05) is 11.1 Å². The van der Waals surface area contributed by atoms with Crippen LogP contribution in [0, 0.1) is 6.92 Å². The van der Waals surface area contributed by atoms with E-state index in [-0.39, 0.29) is 0 Å². The van der Waals surface area contributed by atoms with Crippen molar-refractivity contribution >= 4 is 22.8 Å². The number of aryl methyl sites for hydroxylation is 3. The summed E-state index contributed by atoms with van der Waals surface area (Å²) in [4.78, 5) is 7.27. The van der Waals surface area contributed by atoms with Gasteiger partial charge in [0, 0.05) is 16.0 Å². The molecule has 0 atom stereocenters.